The first-order chi connectivity index (χ1) is 17.0. The molecule has 0 saturated carbocycles. The molecule has 190 valence electrons. The number of hydrogen-bond donors (Lipinski definition) is 0. The summed E-state index contributed by atoms with van der Waals surface area (Å²) in [6.07, 6.45) is -3.60. The van der Waals surface area contributed by atoms with Gasteiger partial charge < -0.3 is 14.2 Å². The van der Waals surface area contributed by atoms with Gasteiger partial charge in [0, 0.05) is 51.6 Å². The van der Waals surface area contributed by atoms with Gasteiger partial charge in [-0.3, -0.25) is 14.7 Å². The van der Waals surface area contributed by atoms with Gasteiger partial charge in [-0.05, 0) is 38.1 Å². The number of aromatic nitrogens is 3. The van der Waals surface area contributed by atoms with Crippen LogP contribution in [0.1, 0.15) is 36.8 Å². The van der Waals surface area contributed by atoms with Crippen LogP contribution in [0.15, 0.2) is 41.3 Å². The number of hydrogen-bond acceptors (Lipinski definition) is 7. The van der Waals surface area contributed by atoms with E-state index < -0.39 is 11.7 Å². The van der Waals surface area contributed by atoms with E-state index >= 15 is 0 Å². The van der Waals surface area contributed by atoms with Gasteiger partial charge in [-0.1, -0.05) is 0 Å². The van der Waals surface area contributed by atoms with E-state index in [-0.39, 0.29) is 36.0 Å². The highest BCUT2D eigenvalue weighted by atomic mass is 19.4. The fraction of sp³-hybridized carbons (Fsp3) is 0.440. The minimum atomic E-state index is -4.45. The average Bonchev–Trinajstić information content (AvgIpc) is 2.85. The number of nitriles is 1. The molecule has 0 aromatic carbocycles. The van der Waals surface area contributed by atoms with Crippen LogP contribution in [0.25, 0.3) is 11.0 Å². The number of pyridine rings is 3. The van der Waals surface area contributed by atoms with Crippen molar-refractivity contribution >= 4 is 16.7 Å². The van der Waals surface area contributed by atoms with Gasteiger partial charge in [0.2, 0.25) is 0 Å². The number of ether oxygens (including phenoxy) is 1. The van der Waals surface area contributed by atoms with Crippen LogP contribution in [0.2, 0.25) is 0 Å². The van der Waals surface area contributed by atoms with Crippen molar-refractivity contribution in [1.29, 1.82) is 5.26 Å². The molecule has 3 aromatic heterocycles. The highest BCUT2D eigenvalue weighted by Gasteiger charge is 2.36. The third-order valence-electron chi connectivity index (χ3n) is 6.71. The van der Waals surface area contributed by atoms with Gasteiger partial charge in [0.1, 0.15) is 17.3 Å². The van der Waals surface area contributed by atoms with E-state index in [1.807, 2.05) is 13.8 Å². The van der Waals surface area contributed by atoms with Crippen LogP contribution in [0.3, 0.4) is 0 Å². The van der Waals surface area contributed by atoms with Crippen molar-refractivity contribution in [1.82, 2.24) is 19.4 Å². The number of methoxy groups -OCH3 is 1. The van der Waals surface area contributed by atoms with Crippen LogP contribution >= 0.6 is 0 Å². The first kappa shape index (κ1) is 25.6. The number of rotatable bonds is 5. The largest absolute Gasteiger partial charge is 0.417 e. The molecule has 1 aliphatic rings. The lowest BCUT2D eigenvalue weighted by Gasteiger charge is -2.48. The SMILES string of the molecule is COCC(c1ccc(C(F)(F)F)cn1)N1C[C@H](C)N(c2cc(=O)n(C)c3ccc(C#N)nc23)CC1C. The van der Waals surface area contributed by atoms with Gasteiger partial charge in [0.15, 0.2) is 0 Å². The summed E-state index contributed by atoms with van der Waals surface area (Å²) in [4.78, 5) is 25.6. The zero-order valence-electron chi connectivity index (χ0n) is 20.5. The van der Waals surface area contributed by atoms with Gasteiger partial charge in [0.05, 0.1) is 35.1 Å². The molecule has 1 saturated heterocycles. The number of alkyl halides is 3. The van der Waals surface area contributed by atoms with E-state index in [0.717, 1.165) is 12.3 Å². The molecule has 1 aliphatic heterocycles. The number of anilines is 1. The molecular formula is C25H27F3N6O2. The summed E-state index contributed by atoms with van der Waals surface area (Å²) in [5.74, 6) is 0. The first-order valence-electron chi connectivity index (χ1n) is 11.5. The first-order valence-corrected chi connectivity index (χ1v) is 11.5. The summed E-state index contributed by atoms with van der Waals surface area (Å²) >= 11 is 0. The summed E-state index contributed by atoms with van der Waals surface area (Å²) in [6, 6.07) is 8.88. The zero-order chi connectivity index (χ0) is 26.2. The maximum Gasteiger partial charge on any atom is 0.417 e. The summed E-state index contributed by atoms with van der Waals surface area (Å²) < 4.78 is 46.0. The smallest absolute Gasteiger partial charge is 0.383 e. The molecule has 0 N–H and O–H groups in total. The molecule has 0 amide bonds. The molecular weight excluding hydrogens is 473 g/mol. The Hall–Kier alpha value is -3.49. The third kappa shape index (κ3) is 4.79. The predicted octanol–water partition coefficient (Wildman–Crippen LogP) is 3.51. The second-order valence-corrected chi connectivity index (χ2v) is 9.09. The minimum Gasteiger partial charge on any atom is -0.383 e. The van der Waals surface area contributed by atoms with E-state index in [4.69, 9.17) is 4.74 Å². The van der Waals surface area contributed by atoms with Gasteiger partial charge in [0.25, 0.3) is 5.56 Å². The van der Waals surface area contributed by atoms with Crippen LogP contribution in [0.4, 0.5) is 18.9 Å². The highest BCUT2D eigenvalue weighted by molar-refractivity contribution is 5.89. The van der Waals surface area contributed by atoms with Crippen molar-refractivity contribution in [3.05, 3.63) is 63.8 Å². The third-order valence-corrected chi connectivity index (χ3v) is 6.71. The Morgan fingerprint density at radius 2 is 1.94 bits per heavy atom. The van der Waals surface area contributed by atoms with Gasteiger partial charge in [-0.25, -0.2) is 4.98 Å². The van der Waals surface area contributed by atoms with Crippen molar-refractivity contribution < 1.29 is 17.9 Å². The lowest BCUT2D eigenvalue weighted by Crippen LogP contribution is -2.58. The normalized spacial score (nSPS) is 19.9. The topological polar surface area (TPSA) is 87.3 Å². The highest BCUT2D eigenvalue weighted by Crippen LogP contribution is 2.34. The predicted molar refractivity (Wildman–Crippen MR) is 129 cm³/mol. The molecule has 3 atom stereocenters. The molecule has 0 radical (unpaired) electrons. The maximum absolute atomic E-state index is 13.0. The zero-order valence-corrected chi connectivity index (χ0v) is 20.5. The fourth-order valence-corrected chi connectivity index (χ4v) is 4.80. The molecule has 8 nitrogen and oxygen atoms in total. The van der Waals surface area contributed by atoms with E-state index in [0.29, 0.717) is 35.5 Å². The Balaban J connectivity index is 1.67. The molecule has 2 unspecified atom stereocenters. The second kappa shape index (κ2) is 9.87. The van der Waals surface area contributed by atoms with Crippen molar-refractivity contribution in [2.45, 2.75) is 38.1 Å². The Kier molecular flexibility index (Phi) is 7.02. The van der Waals surface area contributed by atoms with E-state index in [2.05, 4.69) is 25.8 Å². The molecule has 36 heavy (non-hydrogen) atoms. The Labute approximate surface area is 206 Å². The lowest BCUT2D eigenvalue weighted by atomic mass is 10.0. The molecule has 4 heterocycles. The van der Waals surface area contributed by atoms with Crippen LogP contribution in [-0.4, -0.2) is 58.3 Å². The fourth-order valence-electron chi connectivity index (χ4n) is 4.80. The van der Waals surface area contributed by atoms with Crippen LogP contribution in [-0.2, 0) is 18.0 Å². The van der Waals surface area contributed by atoms with Crippen LogP contribution in [0.5, 0.6) is 0 Å². The molecule has 3 aromatic rings. The summed E-state index contributed by atoms with van der Waals surface area (Å²) in [5.41, 5.74) is 1.63. The minimum absolute atomic E-state index is 0.0521. The van der Waals surface area contributed by atoms with E-state index in [1.54, 1.807) is 32.4 Å². The number of piperazine rings is 1. The summed E-state index contributed by atoms with van der Waals surface area (Å²) in [6.45, 7) is 5.37. The number of nitrogens with zero attached hydrogens (tertiary/aromatic N) is 6. The van der Waals surface area contributed by atoms with Gasteiger partial charge >= 0.3 is 6.18 Å². The second-order valence-electron chi connectivity index (χ2n) is 9.09. The van der Waals surface area contributed by atoms with Crippen LogP contribution in [0, 0.1) is 11.3 Å². The summed E-state index contributed by atoms with van der Waals surface area (Å²) in [7, 11) is 3.21. The van der Waals surface area contributed by atoms with Gasteiger partial charge in [-0.15, -0.1) is 0 Å². The van der Waals surface area contributed by atoms with Crippen LogP contribution < -0.4 is 10.5 Å². The van der Waals surface area contributed by atoms with Crippen molar-refractivity contribution in [3.8, 4) is 6.07 Å². The van der Waals surface area contributed by atoms with Crippen molar-refractivity contribution in [2.24, 2.45) is 7.05 Å². The number of fused-ring (bicyclic) bond motifs is 1. The monoisotopic (exact) mass is 500 g/mol. The standard InChI is InChI=1S/C25H27F3N6O2/c1-15-13-34(22(14-36-4)19-7-5-17(11-30-19)25(26,27)28)16(2)12-33(15)21-9-23(35)32(3)20-8-6-18(10-29)31-24(20)21/h5-9,11,15-16,22H,12-14H2,1-4H3/t15-,16?,22?/m0/s1. The van der Waals surface area contributed by atoms with E-state index in [1.165, 1.54) is 10.6 Å². The Morgan fingerprint density at radius 1 is 1.19 bits per heavy atom. The van der Waals surface area contributed by atoms with Crippen molar-refractivity contribution in [3.63, 3.8) is 0 Å². The average molecular weight is 501 g/mol. The summed E-state index contributed by atoms with van der Waals surface area (Å²) in [5, 5.41) is 9.35. The quantitative estimate of drug-likeness (QED) is 0.530. The maximum atomic E-state index is 13.0. The molecule has 11 heteroatoms. The molecule has 1 fully saturated rings. The van der Waals surface area contributed by atoms with Crippen molar-refractivity contribution in [2.75, 3.05) is 31.7 Å². The van der Waals surface area contributed by atoms with Gasteiger partial charge in [-0.2, -0.15) is 18.4 Å². The molecule has 0 aliphatic carbocycles. The lowest BCUT2D eigenvalue weighted by molar-refractivity contribution is -0.137. The number of halogens is 3. The Morgan fingerprint density at radius 3 is 2.56 bits per heavy atom. The number of aryl methyl sites for hydroxylation is 1. The van der Waals surface area contributed by atoms with E-state index in [9.17, 15) is 23.2 Å². The molecule has 0 bridgehead atoms. The Bertz CT molecular complexity index is 1350. The molecule has 0 spiro atoms. The molecule has 4 rings (SSSR count).